The predicted octanol–water partition coefficient (Wildman–Crippen LogP) is 1.66. The SMILES string of the molecule is CC1(C)CN(S(=O)(=O)c2ccccc2CN)CCS1. The molecule has 0 aliphatic carbocycles. The summed E-state index contributed by atoms with van der Waals surface area (Å²) in [6.45, 7) is 5.50. The van der Waals surface area contributed by atoms with Crippen LogP contribution in [0, 0.1) is 0 Å². The molecule has 1 aromatic rings. The second-order valence-corrected chi connectivity index (χ2v) is 8.97. The maximum atomic E-state index is 12.7. The second-order valence-electron chi connectivity index (χ2n) is 5.26. The standard InChI is InChI=1S/C13H20N2O2S2/c1-13(2)10-15(7-8-18-13)19(16,17)12-6-4-3-5-11(12)9-14/h3-6H,7-10,14H2,1-2H3. The number of rotatable bonds is 3. The van der Waals surface area contributed by atoms with Gasteiger partial charge in [-0.3, -0.25) is 0 Å². The van der Waals surface area contributed by atoms with E-state index in [4.69, 9.17) is 5.73 Å². The van der Waals surface area contributed by atoms with Crippen LogP contribution >= 0.6 is 11.8 Å². The Morgan fingerprint density at radius 2 is 2.05 bits per heavy atom. The molecule has 0 radical (unpaired) electrons. The first-order chi connectivity index (χ1) is 8.87. The fourth-order valence-electron chi connectivity index (χ4n) is 2.24. The molecule has 0 atom stereocenters. The van der Waals surface area contributed by atoms with Crippen molar-refractivity contribution in [3.05, 3.63) is 29.8 Å². The van der Waals surface area contributed by atoms with Crippen LogP contribution < -0.4 is 5.73 Å². The molecule has 2 rings (SSSR count). The molecule has 1 heterocycles. The van der Waals surface area contributed by atoms with Crippen LogP contribution in [0.15, 0.2) is 29.2 Å². The van der Waals surface area contributed by atoms with Crippen LogP contribution in [0.1, 0.15) is 19.4 Å². The number of thioether (sulfide) groups is 1. The maximum absolute atomic E-state index is 12.7. The minimum atomic E-state index is -3.44. The minimum absolute atomic E-state index is 0.0387. The molecule has 0 saturated carbocycles. The van der Waals surface area contributed by atoms with E-state index in [1.54, 1.807) is 22.5 Å². The molecule has 1 aliphatic heterocycles. The normalized spacial score (nSPS) is 20.4. The Morgan fingerprint density at radius 1 is 1.37 bits per heavy atom. The third kappa shape index (κ3) is 3.13. The van der Waals surface area contributed by atoms with Crippen LogP contribution in [-0.4, -0.2) is 36.3 Å². The van der Waals surface area contributed by atoms with Crippen LogP contribution in [0.5, 0.6) is 0 Å². The van der Waals surface area contributed by atoms with Gasteiger partial charge in [0.15, 0.2) is 0 Å². The smallest absolute Gasteiger partial charge is 0.243 e. The summed E-state index contributed by atoms with van der Waals surface area (Å²) in [6, 6.07) is 6.98. The zero-order chi connectivity index (χ0) is 14.1. The topological polar surface area (TPSA) is 63.4 Å². The van der Waals surface area contributed by atoms with Gasteiger partial charge >= 0.3 is 0 Å². The number of benzene rings is 1. The first kappa shape index (κ1) is 14.8. The lowest BCUT2D eigenvalue weighted by Gasteiger charge is -2.36. The molecule has 106 valence electrons. The number of hydrogen-bond donors (Lipinski definition) is 1. The van der Waals surface area contributed by atoms with Crippen molar-refractivity contribution in [1.29, 1.82) is 0 Å². The summed E-state index contributed by atoms with van der Waals surface area (Å²) in [5, 5.41) is 0. The summed E-state index contributed by atoms with van der Waals surface area (Å²) >= 11 is 1.81. The average molecular weight is 300 g/mol. The maximum Gasteiger partial charge on any atom is 0.243 e. The summed E-state index contributed by atoms with van der Waals surface area (Å²) < 4.78 is 27.0. The number of nitrogens with two attached hydrogens (primary N) is 1. The molecule has 1 aliphatic rings. The summed E-state index contributed by atoms with van der Waals surface area (Å²) in [4.78, 5) is 0.347. The molecule has 6 heteroatoms. The first-order valence-corrected chi connectivity index (χ1v) is 8.71. The molecule has 2 N–H and O–H groups in total. The van der Waals surface area contributed by atoms with Gasteiger partial charge in [0.25, 0.3) is 0 Å². The van der Waals surface area contributed by atoms with Gasteiger partial charge in [0, 0.05) is 30.1 Å². The van der Waals surface area contributed by atoms with E-state index < -0.39 is 10.0 Å². The lowest BCUT2D eigenvalue weighted by atomic mass is 10.2. The highest BCUT2D eigenvalue weighted by molar-refractivity contribution is 8.00. The molecule has 1 saturated heterocycles. The van der Waals surface area contributed by atoms with Crippen molar-refractivity contribution in [2.75, 3.05) is 18.8 Å². The fourth-order valence-corrected chi connectivity index (χ4v) is 5.39. The Morgan fingerprint density at radius 3 is 2.68 bits per heavy atom. The molecule has 4 nitrogen and oxygen atoms in total. The average Bonchev–Trinajstić information content (AvgIpc) is 2.37. The van der Waals surface area contributed by atoms with Crippen molar-refractivity contribution in [2.45, 2.75) is 30.0 Å². The molecule has 19 heavy (non-hydrogen) atoms. The van der Waals surface area contributed by atoms with E-state index in [0.717, 1.165) is 5.75 Å². The van der Waals surface area contributed by atoms with Gasteiger partial charge in [-0.25, -0.2) is 8.42 Å². The van der Waals surface area contributed by atoms with Crippen LogP contribution in [-0.2, 0) is 16.6 Å². The number of sulfonamides is 1. The van der Waals surface area contributed by atoms with Crippen molar-refractivity contribution in [2.24, 2.45) is 5.73 Å². The number of nitrogens with zero attached hydrogens (tertiary/aromatic N) is 1. The minimum Gasteiger partial charge on any atom is -0.326 e. The Hall–Kier alpha value is -0.560. The molecule has 1 aromatic carbocycles. The lowest BCUT2D eigenvalue weighted by molar-refractivity contribution is 0.387. The molecular weight excluding hydrogens is 280 g/mol. The van der Waals surface area contributed by atoms with E-state index in [9.17, 15) is 8.42 Å². The quantitative estimate of drug-likeness (QED) is 0.922. The van der Waals surface area contributed by atoms with Gasteiger partial charge < -0.3 is 5.73 Å². The van der Waals surface area contributed by atoms with Gasteiger partial charge in [0.1, 0.15) is 0 Å². The van der Waals surface area contributed by atoms with Gasteiger partial charge in [-0.15, -0.1) is 0 Å². The van der Waals surface area contributed by atoms with Gasteiger partial charge in [0.2, 0.25) is 10.0 Å². The number of hydrogen-bond acceptors (Lipinski definition) is 4. The Kier molecular flexibility index (Phi) is 4.25. The highest BCUT2D eigenvalue weighted by Gasteiger charge is 2.35. The monoisotopic (exact) mass is 300 g/mol. The highest BCUT2D eigenvalue weighted by Crippen LogP contribution is 2.32. The van der Waals surface area contributed by atoms with Gasteiger partial charge in [0.05, 0.1) is 4.90 Å². The van der Waals surface area contributed by atoms with E-state index in [-0.39, 0.29) is 11.3 Å². The van der Waals surface area contributed by atoms with Gasteiger partial charge in [-0.05, 0) is 25.5 Å². The molecule has 0 spiro atoms. The third-order valence-electron chi connectivity index (χ3n) is 3.20. The molecular formula is C13H20N2O2S2. The van der Waals surface area contributed by atoms with E-state index in [1.807, 2.05) is 17.8 Å². The molecule has 0 amide bonds. The Labute approximate surface area is 119 Å². The largest absolute Gasteiger partial charge is 0.326 e. The predicted molar refractivity (Wildman–Crippen MR) is 79.6 cm³/mol. The van der Waals surface area contributed by atoms with Crippen molar-refractivity contribution < 1.29 is 8.42 Å². The van der Waals surface area contributed by atoms with Crippen LogP contribution in [0.25, 0.3) is 0 Å². The first-order valence-electron chi connectivity index (χ1n) is 6.29. The van der Waals surface area contributed by atoms with Crippen LogP contribution in [0.4, 0.5) is 0 Å². The van der Waals surface area contributed by atoms with Gasteiger partial charge in [-0.1, -0.05) is 18.2 Å². The molecule has 0 unspecified atom stereocenters. The Bertz CT molecular complexity index is 556. The van der Waals surface area contributed by atoms with E-state index in [0.29, 0.717) is 23.5 Å². The molecule has 0 bridgehead atoms. The summed E-state index contributed by atoms with van der Waals surface area (Å²) in [7, 11) is -3.44. The van der Waals surface area contributed by atoms with Crippen molar-refractivity contribution in [3.63, 3.8) is 0 Å². The zero-order valence-corrected chi connectivity index (χ0v) is 12.9. The highest BCUT2D eigenvalue weighted by atomic mass is 32.2. The lowest BCUT2D eigenvalue weighted by Crippen LogP contribution is -2.46. The van der Waals surface area contributed by atoms with Crippen molar-refractivity contribution >= 4 is 21.8 Å². The van der Waals surface area contributed by atoms with E-state index in [1.165, 1.54) is 0 Å². The van der Waals surface area contributed by atoms with Crippen molar-refractivity contribution in [3.8, 4) is 0 Å². The zero-order valence-electron chi connectivity index (χ0n) is 11.3. The summed E-state index contributed by atoms with van der Waals surface area (Å²) in [5.41, 5.74) is 6.32. The van der Waals surface area contributed by atoms with Gasteiger partial charge in [-0.2, -0.15) is 16.1 Å². The molecule has 1 fully saturated rings. The molecule has 0 aromatic heterocycles. The van der Waals surface area contributed by atoms with Crippen LogP contribution in [0.2, 0.25) is 0 Å². The summed E-state index contributed by atoms with van der Waals surface area (Å²) in [6.07, 6.45) is 0. The van der Waals surface area contributed by atoms with E-state index >= 15 is 0 Å². The van der Waals surface area contributed by atoms with E-state index in [2.05, 4.69) is 13.8 Å². The third-order valence-corrected chi connectivity index (χ3v) is 6.44. The van der Waals surface area contributed by atoms with Crippen molar-refractivity contribution in [1.82, 2.24) is 4.31 Å². The second kappa shape index (κ2) is 5.44. The fraction of sp³-hybridized carbons (Fsp3) is 0.538. The summed E-state index contributed by atoms with van der Waals surface area (Å²) in [5.74, 6) is 0.830. The Balaban J connectivity index is 2.37. The van der Waals surface area contributed by atoms with Crippen LogP contribution in [0.3, 0.4) is 0 Å².